The molecular formula is C9H9NO. The average molecular weight is 147 g/mol. The van der Waals surface area contributed by atoms with E-state index in [9.17, 15) is 0 Å². The van der Waals surface area contributed by atoms with Gasteiger partial charge in [-0.2, -0.15) is 5.48 Å². The number of nitrogens with one attached hydrogen (secondary N) is 1. The van der Waals surface area contributed by atoms with E-state index in [1.165, 1.54) is 0 Å². The molecule has 0 spiro atoms. The normalized spacial score (nSPS) is 12.0. The van der Waals surface area contributed by atoms with Crippen LogP contribution in [0.2, 0.25) is 0 Å². The van der Waals surface area contributed by atoms with Crippen LogP contribution in [0, 0.1) is 12.3 Å². The van der Waals surface area contributed by atoms with Crippen LogP contribution in [0.15, 0.2) is 30.3 Å². The van der Waals surface area contributed by atoms with E-state index in [1.54, 1.807) is 0 Å². The van der Waals surface area contributed by atoms with E-state index in [-0.39, 0.29) is 0 Å². The Morgan fingerprint density at radius 3 is 2.45 bits per heavy atom. The second-order valence-corrected chi connectivity index (χ2v) is 2.14. The van der Waals surface area contributed by atoms with Gasteiger partial charge in [0.05, 0.1) is 0 Å². The monoisotopic (exact) mass is 147 g/mol. The van der Waals surface area contributed by atoms with E-state index in [0.29, 0.717) is 0 Å². The van der Waals surface area contributed by atoms with Crippen LogP contribution in [0.1, 0.15) is 11.6 Å². The quantitative estimate of drug-likeness (QED) is 0.488. The summed E-state index contributed by atoms with van der Waals surface area (Å²) in [6.45, 7) is 0. The highest BCUT2D eigenvalue weighted by molar-refractivity contribution is 5.24. The molecule has 0 heterocycles. The van der Waals surface area contributed by atoms with E-state index in [1.807, 2.05) is 35.8 Å². The number of hydrogen-bond acceptors (Lipinski definition) is 2. The fourth-order valence-corrected chi connectivity index (χ4v) is 0.854. The van der Waals surface area contributed by atoms with Gasteiger partial charge >= 0.3 is 0 Å². The van der Waals surface area contributed by atoms with Crippen LogP contribution in [0.3, 0.4) is 0 Å². The summed E-state index contributed by atoms with van der Waals surface area (Å²) in [4.78, 5) is 0. The molecule has 11 heavy (non-hydrogen) atoms. The summed E-state index contributed by atoms with van der Waals surface area (Å²) in [7, 11) is 0. The van der Waals surface area contributed by atoms with Crippen molar-refractivity contribution in [3.05, 3.63) is 35.9 Å². The highest BCUT2D eigenvalue weighted by Gasteiger charge is 2.02. The predicted octanol–water partition coefficient (Wildman–Crippen LogP) is 1.34. The van der Waals surface area contributed by atoms with E-state index in [2.05, 4.69) is 5.92 Å². The first-order valence-electron chi connectivity index (χ1n) is 3.29. The van der Waals surface area contributed by atoms with Crippen LogP contribution in [0.4, 0.5) is 0 Å². The van der Waals surface area contributed by atoms with Gasteiger partial charge in [-0.05, 0) is 5.56 Å². The van der Waals surface area contributed by atoms with Crippen molar-refractivity contribution >= 4 is 0 Å². The van der Waals surface area contributed by atoms with Gasteiger partial charge < -0.3 is 5.21 Å². The molecule has 0 aliphatic rings. The van der Waals surface area contributed by atoms with Crippen molar-refractivity contribution in [1.82, 2.24) is 5.48 Å². The largest absolute Gasteiger partial charge is 0.315 e. The minimum atomic E-state index is -0.406. The number of hydroxylamine groups is 1. The minimum absolute atomic E-state index is 0.406. The molecule has 2 N–H and O–H groups in total. The van der Waals surface area contributed by atoms with Crippen LogP contribution in [0.5, 0.6) is 0 Å². The molecular weight excluding hydrogens is 138 g/mol. The van der Waals surface area contributed by atoms with Crippen LogP contribution in [0.25, 0.3) is 0 Å². The van der Waals surface area contributed by atoms with Gasteiger partial charge in [-0.3, -0.25) is 0 Å². The number of terminal acetylenes is 1. The highest BCUT2D eigenvalue weighted by Crippen LogP contribution is 2.09. The van der Waals surface area contributed by atoms with Gasteiger partial charge in [-0.15, -0.1) is 6.42 Å². The van der Waals surface area contributed by atoms with Crippen molar-refractivity contribution < 1.29 is 5.21 Å². The molecule has 2 heteroatoms. The second-order valence-electron chi connectivity index (χ2n) is 2.14. The molecule has 0 saturated carbocycles. The molecule has 1 unspecified atom stereocenters. The molecule has 0 fully saturated rings. The fourth-order valence-electron chi connectivity index (χ4n) is 0.854. The summed E-state index contributed by atoms with van der Waals surface area (Å²) in [6.07, 6.45) is 5.14. The lowest BCUT2D eigenvalue weighted by atomic mass is 10.1. The molecule has 1 atom stereocenters. The summed E-state index contributed by atoms with van der Waals surface area (Å²) in [5.41, 5.74) is 2.92. The molecule has 1 aromatic carbocycles. The van der Waals surface area contributed by atoms with Crippen molar-refractivity contribution in [3.63, 3.8) is 0 Å². The standard InChI is InChI=1S/C9H9NO/c1-2-9(10-11)8-6-4-3-5-7-8/h1,3-7,9-11H. The number of benzene rings is 1. The minimum Gasteiger partial charge on any atom is -0.315 e. The van der Waals surface area contributed by atoms with Gasteiger partial charge in [-0.1, -0.05) is 36.3 Å². The van der Waals surface area contributed by atoms with Crippen molar-refractivity contribution in [2.45, 2.75) is 6.04 Å². The summed E-state index contributed by atoms with van der Waals surface area (Å²) >= 11 is 0. The van der Waals surface area contributed by atoms with Crippen LogP contribution < -0.4 is 5.48 Å². The first kappa shape index (κ1) is 7.80. The zero-order valence-corrected chi connectivity index (χ0v) is 5.99. The Kier molecular flexibility index (Phi) is 2.67. The average Bonchev–Trinajstić information content (AvgIpc) is 2.09. The number of rotatable bonds is 2. The van der Waals surface area contributed by atoms with Gasteiger partial charge in [0.2, 0.25) is 0 Å². The lowest BCUT2D eigenvalue weighted by molar-refractivity contribution is 0.147. The fraction of sp³-hybridized carbons (Fsp3) is 0.111. The molecule has 1 aromatic rings. The Hall–Kier alpha value is -1.30. The molecule has 2 nitrogen and oxygen atoms in total. The SMILES string of the molecule is C#CC(NO)c1ccccc1. The first-order valence-corrected chi connectivity index (χ1v) is 3.29. The summed E-state index contributed by atoms with van der Waals surface area (Å²) in [5, 5.41) is 8.59. The maximum atomic E-state index is 8.59. The van der Waals surface area contributed by atoms with Crippen LogP contribution in [-0.2, 0) is 0 Å². The third kappa shape index (κ3) is 1.81. The molecule has 0 aliphatic carbocycles. The maximum Gasteiger partial charge on any atom is 0.117 e. The molecule has 0 aliphatic heterocycles. The molecule has 0 bridgehead atoms. The summed E-state index contributed by atoms with van der Waals surface area (Å²) in [5.74, 6) is 2.41. The van der Waals surface area contributed by atoms with Crippen LogP contribution in [-0.4, -0.2) is 5.21 Å². The lowest BCUT2D eigenvalue weighted by Crippen LogP contribution is -2.14. The lowest BCUT2D eigenvalue weighted by Gasteiger charge is -2.06. The van der Waals surface area contributed by atoms with Crippen molar-refractivity contribution in [1.29, 1.82) is 0 Å². The Balaban J connectivity index is 2.85. The Labute approximate surface area is 65.8 Å². The summed E-state index contributed by atoms with van der Waals surface area (Å²) < 4.78 is 0. The molecule has 56 valence electrons. The second kappa shape index (κ2) is 3.77. The highest BCUT2D eigenvalue weighted by atomic mass is 16.5. The first-order chi connectivity index (χ1) is 5.38. The van der Waals surface area contributed by atoms with E-state index < -0.39 is 6.04 Å². The Bertz CT molecular complexity index is 250. The smallest absolute Gasteiger partial charge is 0.117 e. The van der Waals surface area contributed by atoms with Gasteiger partial charge in [-0.25, -0.2) is 0 Å². The van der Waals surface area contributed by atoms with Crippen molar-refractivity contribution in [2.75, 3.05) is 0 Å². The molecule has 0 saturated heterocycles. The van der Waals surface area contributed by atoms with Crippen molar-refractivity contribution in [3.8, 4) is 12.3 Å². The Morgan fingerprint density at radius 1 is 1.36 bits per heavy atom. The zero-order chi connectivity index (χ0) is 8.10. The third-order valence-corrected chi connectivity index (χ3v) is 1.43. The van der Waals surface area contributed by atoms with E-state index >= 15 is 0 Å². The van der Waals surface area contributed by atoms with Gasteiger partial charge in [0.1, 0.15) is 6.04 Å². The molecule has 0 aromatic heterocycles. The maximum absolute atomic E-state index is 8.59. The van der Waals surface area contributed by atoms with Crippen LogP contribution >= 0.6 is 0 Å². The topological polar surface area (TPSA) is 32.3 Å². The van der Waals surface area contributed by atoms with Gasteiger partial charge in [0.15, 0.2) is 0 Å². The zero-order valence-electron chi connectivity index (χ0n) is 5.99. The predicted molar refractivity (Wildman–Crippen MR) is 42.9 cm³/mol. The van der Waals surface area contributed by atoms with Crippen molar-refractivity contribution in [2.24, 2.45) is 0 Å². The molecule has 0 radical (unpaired) electrons. The molecule has 1 rings (SSSR count). The van der Waals surface area contributed by atoms with Gasteiger partial charge in [0.25, 0.3) is 0 Å². The number of hydrogen-bond donors (Lipinski definition) is 2. The Morgan fingerprint density at radius 2 is 2.00 bits per heavy atom. The van der Waals surface area contributed by atoms with E-state index in [4.69, 9.17) is 11.6 Å². The van der Waals surface area contributed by atoms with Gasteiger partial charge in [0, 0.05) is 0 Å². The molecule has 0 amide bonds. The van der Waals surface area contributed by atoms with E-state index in [0.717, 1.165) is 5.56 Å². The summed E-state index contributed by atoms with van der Waals surface area (Å²) in [6, 6.07) is 8.94. The third-order valence-electron chi connectivity index (χ3n) is 1.43.